The van der Waals surface area contributed by atoms with Gasteiger partial charge < -0.3 is 14.1 Å². The van der Waals surface area contributed by atoms with Gasteiger partial charge in [0, 0.05) is 36.6 Å². The minimum absolute atomic E-state index is 0.0188. The van der Waals surface area contributed by atoms with Crippen LogP contribution in [-0.4, -0.2) is 43.0 Å². The van der Waals surface area contributed by atoms with Crippen LogP contribution in [0.3, 0.4) is 0 Å². The Morgan fingerprint density at radius 3 is 2.15 bits per heavy atom. The first-order valence-electron chi connectivity index (χ1n) is 7.61. The van der Waals surface area contributed by atoms with Crippen LogP contribution in [0.15, 0.2) is 40.8 Å². The van der Waals surface area contributed by atoms with Crippen LogP contribution < -0.4 is 9.80 Å². The third-order valence-corrected chi connectivity index (χ3v) is 3.86. The SMILES string of the molecule is COC(=O)N(c1ccc(N(CCCl)CCCl)cc1)c1ccc([N+](=O)[O-])o1. The number of hydrogen-bond donors (Lipinski definition) is 0. The van der Waals surface area contributed by atoms with E-state index >= 15 is 0 Å². The number of alkyl halides is 2. The molecule has 0 saturated carbocycles. The summed E-state index contributed by atoms with van der Waals surface area (Å²) in [5.74, 6) is 0.405. The van der Waals surface area contributed by atoms with Crippen LogP contribution in [0.5, 0.6) is 0 Å². The molecule has 0 unspecified atom stereocenters. The molecular formula is C16H17Cl2N3O5. The average Bonchev–Trinajstić information content (AvgIpc) is 3.12. The summed E-state index contributed by atoms with van der Waals surface area (Å²) >= 11 is 11.6. The fourth-order valence-corrected chi connectivity index (χ4v) is 2.74. The van der Waals surface area contributed by atoms with Gasteiger partial charge in [0.05, 0.1) is 18.9 Å². The van der Waals surface area contributed by atoms with Gasteiger partial charge in [0.1, 0.15) is 4.92 Å². The number of halogens is 2. The molecule has 0 spiro atoms. The summed E-state index contributed by atoms with van der Waals surface area (Å²) in [6.45, 7) is 1.25. The Balaban J connectivity index is 2.33. The number of nitro groups is 1. The summed E-state index contributed by atoms with van der Waals surface area (Å²) in [7, 11) is 1.21. The highest BCUT2D eigenvalue weighted by atomic mass is 35.5. The van der Waals surface area contributed by atoms with Gasteiger partial charge in [-0.25, -0.2) is 9.69 Å². The Kier molecular flexibility index (Phi) is 7.11. The normalized spacial score (nSPS) is 10.4. The van der Waals surface area contributed by atoms with Crippen LogP contribution in [0.1, 0.15) is 0 Å². The topological polar surface area (TPSA) is 89.1 Å². The molecule has 1 heterocycles. The molecule has 10 heteroatoms. The fraction of sp³-hybridized carbons (Fsp3) is 0.312. The van der Waals surface area contributed by atoms with Gasteiger partial charge in [-0.1, -0.05) is 0 Å². The van der Waals surface area contributed by atoms with E-state index in [0.717, 1.165) is 10.6 Å². The first-order chi connectivity index (χ1) is 12.5. The number of carbonyl (C=O) groups is 1. The summed E-state index contributed by atoms with van der Waals surface area (Å²) in [5.41, 5.74) is 1.31. The van der Waals surface area contributed by atoms with Crippen LogP contribution in [0.2, 0.25) is 0 Å². The van der Waals surface area contributed by atoms with E-state index in [1.165, 1.54) is 19.2 Å². The molecule has 0 bridgehead atoms. The average molecular weight is 402 g/mol. The first kappa shape index (κ1) is 19.9. The van der Waals surface area contributed by atoms with E-state index < -0.39 is 16.9 Å². The van der Waals surface area contributed by atoms with Crippen molar-refractivity contribution in [3.8, 4) is 0 Å². The molecule has 0 N–H and O–H groups in total. The number of rotatable bonds is 8. The van der Waals surface area contributed by atoms with E-state index in [1.54, 1.807) is 24.3 Å². The van der Waals surface area contributed by atoms with E-state index in [9.17, 15) is 14.9 Å². The second kappa shape index (κ2) is 9.30. The highest BCUT2D eigenvalue weighted by Crippen LogP contribution is 2.32. The molecule has 0 aliphatic carbocycles. The third-order valence-electron chi connectivity index (χ3n) is 3.52. The number of hydrogen-bond acceptors (Lipinski definition) is 6. The molecule has 140 valence electrons. The van der Waals surface area contributed by atoms with Crippen molar-refractivity contribution in [3.05, 3.63) is 46.5 Å². The standard InChI is InChI=1S/C16H17Cl2N3O5/c1-25-16(22)20(14-6-7-15(26-14)21(23)24)13-4-2-12(3-5-13)19(10-8-17)11-9-18/h2-7H,8-11H2,1H3. The molecule has 1 aromatic carbocycles. The molecule has 1 amide bonds. The number of benzene rings is 1. The summed E-state index contributed by atoms with van der Waals surface area (Å²) in [6, 6.07) is 9.44. The smallest absolute Gasteiger partial charge is 0.434 e. The molecule has 0 saturated heterocycles. The number of nitrogens with zero attached hydrogens (tertiary/aromatic N) is 3. The molecule has 1 aromatic heterocycles. The van der Waals surface area contributed by atoms with E-state index in [-0.39, 0.29) is 5.88 Å². The molecule has 2 rings (SSSR count). The largest absolute Gasteiger partial charge is 0.452 e. The monoisotopic (exact) mass is 401 g/mol. The number of methoxy groups -OCH3 is 1. The highest BCUT2D eigenvalue weighted by Gasteiger charge is 2.24. The van der Waals surface area contributed by atoms with Gasteiger partial charge in [0.2, 0.25) is 5.88 Å². The van der Waals surface area contributed by atoms with E-state index in [2.05, 4.69) is 0 Å². The Hall–Kier alpha value is -2.45. The molecule has 2 aromatic rings. The molecule has 0 aliphatic heterocycles. The number of amides is 1. The van der Waals surface area contributed by atoms with Crippen molar-refractivity contribution in [1.82, 2.24) is 0 Å². The minimum atomic E-state index is -0.736. The van der Waals surface area contributed by atoms with Gasteiger partial charge in [-0.3, -0.25) is 10.1 Å². The van der Waals surface area contributed by atoms with Crippen molar-refractivity contribution < 1.29 is 18.9 Å². The lowest BCUT2D eigenvalue weighted by Gasteiger charge is -2.24. The molecule has 0 radical (unpaired) electrons. The van der Waals surface area contributed by atoms with Crippen molar-refractivity contribution in [2.45, 2.75) is 0 Å². The third kappa shape index (κ3) is 4.59. The van der Waals surface area contributed by atoms with Crippen LogP contribution in [-0.2, 0) is 4.74 Å². The molecule has 26 heavy (non-hydrogen) atoms. The highest BCUT2D eigenvalue weighted by molar-refractivity contribution is 6.18. The first-order valence-corrected chi connectivity index (χ1v) is 8.68. The van der Waals surface area contributed by atoms with Crippen molar-refractivity contribution in [1.29, 1.82) is 0 Å². The summed E-state index contributed by atoms with van der Waals surface area (Å²) in [6.07, 6.45) is -0.736. The maximum absolute atomic E-state index is 12.1. The van der Waals surface area contributed by atoms with Crippen LogP contribution in [0.4, 0.5) is 27.9 Å². The Morgan fingerprint density at radius 1 is 1.12 bits per heavy atom. The van der Waals surface area contributed by atoms with Crippen molar-refractivity contribution in [2.75, 3.05) is 41.8 Å². The van der Waals surface area contributed by atoms with E-state index in [4.69, 9.17) is 32.4 Å². The van der Waals surface area contributed by atoms with Crippen molar-refractivity contribution in [3.63, 3.8) is 0 Å². The van der Waals surface area contributed by atoms with E-state index in [0.29, 0.717) is 30.5 Å². The molecule has 0 atom stereocenters. The van der Waals surface area contributed by atoms with Crippen LogP contribution in [0, 0.1) is 10.1 Å². The maximum atomic E-state index is 12.1. The fourth-order valence-electron chi connectivity index (χ4n) is 2.34. The number of furan rings is 1. The zero-order valence-corrected chi connectivity index (χ0v) is 15.4. The van der Waals surface area contributed by atoms with Crippen molar-refractivity contribution >= 4 is 52.4 Å². The quantitative estimate of drug-likeness (QED) is 0.370. The zero-order valence-electron chi connectivity index (χ0n) is 13.9. The molecule has 0 fully saturated rings. The Bertz CT molecular complexity index is 745. The predicted octanol–water partition coefficient (Wildman–Crippen LogP) is 4.38. The second-order valence-corrected chi connectivity index (χ2v) is 5.81. The summed E-state index contributed by atoms with van der Waals surface area (Å²) < 4.78 is 9.88. The minimum Gasteiger partial charge on any atom is -0.452 e. The Morgan fingerprint density at radius 2 is 1.69 bits per heavy atom. The summed E-state index contributed by atoms with van der Waals surface area (Å²) in [4.78, 5) is 25.4. The molecule has 0 aliphatic rings. The summed E-state index contributed by atoms with van der Waals surface area (Å²) in [5, 5.41) is 10.8. The van der Waals surface area contributed by atoms with Crippen LogP contribution in [0.25, 0.3) is 0 Å². The van der Waals surface area contributed by atoms with Gasteiger partial charge in [-0.2, -0.15) is 0 Å². The number of ether oxygens (including phenoxy) is 1. The number of carbonyl (C=O) groups excluding carboxylic acids is 1. The lowest BCUT2D eigenvalue weighted by atomic mass is 10.2. The van der Waals surface area contributed by atoms with Crippen LogP contribution >= 0.6 is 23.2 Å². The van der Waals surface area contributed by atoms with Crippen molar-refractivity contribution in [2.24, 2.45) is 0 Å². The lowest BCUT2D eigenvalue weighted by Crippen LogP contribution is -2.28. The van der Waals surface area contributed by atoms with E-state index in [1.807, 2.05) is 4.90 Å². The molecular weight excluding hydrogens is 385 g/mol. The molecule has 8 nitrogen and oxygen atoms in total. The van der Waals surface area contributed by atoms with Gasteiger partial charge >= 0.3 is 12.0 Å². The van der Waals surface area contributed by atoms with Gasteiger partial charge in [-0.15, -0.1) is 23.2 Å². The maximum Gasteiger partial charge on any atom is 0.434 e. The zero-order chi connectivity index (χ0) is 19.1. The Labute approximate surface area is 160 Å². The second-order valence-electron chi connectivity index (χ2n) is 5.06. The van der Waals surface area contributed by atoms with Gasteiger partial charge in [-0.05, 0) is 24.3 Å². The van der Waals surface area contributed by atoms with Gasteiger partial charge in [0.25, 0.3) is 0 Å². The number of anilines is 3. The lowest BCUT2D eigenvalue weighted by molar-refractivity contribution is -0.401. The van der Waals surface area contributed by atoms with Gasteiger partial charge in [0.15, 0.2) is 0 Å². The predicted molar refractivity (Wildman–Crippen MR) is 100 cm³/mol.